The van der Waals surface area contributed by atoms with E-state index in [0.29, 0.717) is 0 Å². The number of nitrogens with zero attached hydrogens (tertiary/aromatic N) is 5. The predicted octanol–water partition coefficient (Wildman–Crippen LogP) is 4.98. The number of aromatic nitrogens is 2. The molecule has 0 unspecified atom stereocenters. The molecule has 0 atom stereocenters. The molecular formula is C27H33N5OS. The van der Waals surface area contributed by atoms with Crippen molar-refractivity contribution in [2.45, 2.75) is 26.8 Å². The number of para-hydroxylation sites is 2. The number of anilines is 1. The van der Waals surface area contributed by atoms with E-state index in [-0.39, 0.29) is 5.91 Å². The second kappa shape index (κ2) is 9.76. The normalized spacial score (nSPS) is 14.9. The number of rotatable bonds is 7. The zero-order chi connectivity index (χ0) is 23.7. The van der Waals surface area contributed by atoms with Crippen LogP contribution < -0.4 is 4.90 Å². The molecule has 2 aromatic heterocycles. The minimum atomic E-state index is 0.170. The van der Waals surface area contributed by atoms with Crippen LogP contribution in [0.4, 0.5) is 5.69 Å². The number of hydrogen-bond donors (Lipinski definition) is 0. The minimum Gasteiger partial charge on any atom is -0.364 e. The van der Waals surface area contributed by atoms with E-state index >= 15 is 0 Å². The van der Waals surface area contributed by atoms with Crippen molar-refractivity contribution >= 4 is 44.1 Å². The molecule has 1 aliphatic rings. The standard InChI is InChI=1S/C27H33N5OS/c1-4-12-32(19-26-28-22-8-6-7-9-23(22)29(26)3)21-10-11-24-20(17-21)18-25(34-24)27(33)31-15-13-30(5-2)14-16-31/h6-11,17-18H,4-5,12-16,19H2,1-3H3. The van der Waals surface area contributed by atoms with Crippen LogP contribution >= 0.6 is 11.3 Å². The van der Waals surface area contributed by atoms with Crippen molar-refractivity contribution in [3.05, 3.63) is 59.2 Å². The van der Waals surface area contributed by atoms with E-state index in [1.54, 1.807) is 11.3 Å². The van der Waals surface area contributed by atoms with Crippen molar-refractivity contribution in [3.63, 3.8) is 0 Å². The van der Waals surface area contributed by atoms with Crippen LogP contribution in [0.15, 0.2) is 48.5 Å². The first-order chi connectivity index (χ1) is 16.6. The lowest BCUT2D eigenvalue weighted by molar-refractivity contribution is 0.0648. The fourth-order valence-electron chi connectivity index (χ4n) is 4.83. The largest absolute Gasteiger partial charge is 0.364 e. The Morgan fingerprint density at radius 3 is 2.59 bits per heavy atom. The third-order valence-electron chi connectivity index (χ3n) is 6.89. The summed E-state index contributed by atoms with van der Waals surface area (Å²) in [5, 5.41) is 1.14. The molecule has 0 aliphatic carbocycles. The molecular weight excluding hydrogens is 442 g/mol. The lowest BCUT2D eigenvalue weighted by Crippen LogP contribution is -2.48. The van der Waals surface area contributed by atoms with Gasteiger partial charge in [-0.15, -0.1) is 11.3 Å². The molecule has 1 fully saturated rings. The topological polar surface area (TPSA) is 44.6 Å². The van der Waals surface area contributed by atoms with Crippen molar-refractivity contribution < 1.29 is 4.79 Å². The summed E-state index contributed by atoms with van der Waals surface area (Å²) in [7, 11) is 2.09. The molecule has 0 bridgehead atoms. The van der Waals surface area contributed by atoms with Crippen molar-refractivity contribution in [1.82, 2.24) is 19.4 Å². The molecule has 5 rings (SSSR count). The third-order valence-corrected chi connectivity index (χ3v) is 7.99. The van der Waals surface area contributed by atoms with Crippen LogP contribution in [0, 0.1) is 0 Å². The van der Waals surface area contributed by atoms with Crippen LogP contribution in [-0.4, -0.2) is 64.5 Å². The van der Waals surface area contributed by atoms with E-state index in [2.05, 4.69) is 77.7 Å². The Balaban J connectivity index is 1.38. The zero-order valence-corrected chi connectivity index (χ0v) is 21.1. The first-order valence-electron chi connectivity index (χ1n) is 12.3. The molecule has 1 aliphatic heterocycles. The summed E-state index contributed by atoms with van der Waals surface area (Å²) in [6, 6.07) is 17.0. The molecule has 0 spiro atoms. The maximum absolute atomic E-state index is 13.1. The van der Waals surface area contributed by atoms with Gasteiger partial charge in [-0.1, -0.05) is 26.0 Å². The number of imidazole rings is 1. The number of likely N-dealkylation sites (N-methyl/N-ethyl adjacent to an activating group) is 1. The first kappa shape index (κ1) is 22.9. The predicted molar refractivity (Wildman–Crippen MR) is 142 cm³/mol. The van der Waals surface area contributed by atoms with E-state index in [4.69, 9.17) is 4.98 Å². The van der Waals surface area contributed by atoms with E-state index in [0.717, 1.165) is 79.4 Å². The number of amides is 1. The van der Waals surface area contributed by atoms with Crippen LogP contribution in [0.3, 0.4) is 0 Å². The van der Waals surface area contributed by atoms with Crippen molar-refractivity contribution in [3.8, 4) is 0 Å². The van der Waals surface area contributed by atoms with Crippen molar-refractivity contribution in [1.29, 1.82) is 0 Å². The Labute approximate surface area is 205 Å². The van der Waals surface area contributed by atoms with Gasteiger partial charge in [0.25, 0.3) is 5.91 Å². The number of aryl methyl sites for hydroxylation is 1. The summed E-state index contributed by atoms with van der Waals surface area (Å²) >= 11 is 1.61. The molecule has 34 heavy (non-hydrogen) atoms. The van der Waals surface area contributed by atoms with Crippen molar-refractivity contribution in [2.75, 3.05) is 44.2 Å². The van der Waals surface area contributed by atoms with Gasteiger partial charge in [-0.2, -0.15) is 0 Å². The fourth-order valence-corrected chi connectivity index (χ4v) is 5.84. The van der Waals surface area contributed by atoms with Crippen LogP contribution in [0.5, 0.6) is 0 Å². The summed E-state index contributed by atoms with van der Waals surface area (Å²) in [5.74, 6) is 1.23. The quantitative estimate of drug-likeness (QED) is 0.378. The van der Waals surface area contributed by atoms with Gasteiger partial charge in [-0.25, -0.2) is 4.98 Å². The highest BCUT2D eigenvalue weighted by atomic mass is 32.1. The monoisotopic (exact) mass is 475 g/mol. The van der Waals surface area contributed by atoms with Gasteiger partial charge in [0.05, 0.1) is 22.5 Å². The second-order valence-electron chi connectivity index (χ2n) is 9.06. The fraction of sp³-hybridized carbons (Fsp3) is 0.407. The van der Waals surface area contributed by atoms with Gasteiger partial charge in [-0.05, 0) is 54.8 Å². The van der Waals surface area contributed by atoms with E-state index in [9.17, 15) is 4.79 Å². The van der Waals surface area contributed by atoms with E-state index in [1.165, 1.54) is 10.4 Å². The van der Waals surface area contributed by atoms with Gasteiger partial charge >= 0.3 is 0 Å². The highest BCUT2D eigenvalue weighted by Gasteiger charge is 2.23. The van der Waals surface area contributed by atoms with Crippen molar-refractivity contribution in [2.24, 2.45) is 7.05 Å². The minimum absolute atomic E-state index is 0.170. The number of carbonyl (C=O) groups is 1. The Hall–Kier alpha value is -2.90. The Bertz CT molecular complexity index is 1300. The number of carbonyl (C=O) groups excluding carboxylic acids is 1. The molecule has 0 radical (unpaired) electrons. The highest BCUT2D eigenvalue weighted by Crippen LogP contribution is 2.31. The number of thiophene rings is 1. The first-order valence-corrected chi connectivity index (χ1v) is 13.1. The molecule has 7 heteroatoms. The van der Waals surface area contributed by atoms with Crippen LogP contribution in [-0.2, 0) is 13.6 Å². The molecule has 2 aromatic carbocycles. The van der Waals surface area contributed by atoms with Crippen LogP contribution in [0.2, 0.25) is 0 Å². The van der Waals surface area contributed by atoms with Gasteiger partial charge in [0, 0.05) is 50.2 Å². The number of benzene rings is 2. The molecule has 0 saturated carbocycles. The van der Waals surface area contributed by atoms with Gasteiger partial charge in [0.15, 0.2) is 0 Å². The summed E-state index contributed by atoms with van der Waals surface area (Å²) in [6.45, 7) is 10.7. The summed E-state index contributed by atoms with van der Waals surface area (Å²) < 4.78 is 3.36. The summed E-state index contributed by atoms with van der Waals surface area (Å²) in [5.41, 5.74) is 3.37. The highest BCUT2D eigenvalue weighted by molar-refractivity contribution is 7.20. The molecule has 1 amide bonds. The Morgan fingerprint density at radius 2 is 1.85 bits per heavy atom. The molecule has 178 valence electrons. The third kappa shape index (κ3) is 4.42. The van der Waals surface area contributed by atoms with Crippen LogP contribution in [0.25, 0.3) is 21.1 Å². The lowest BCUT2D eigenvalue weighted by Gasteiger charge is -2.33. The SMILES string of the molecule is CCCN(Cc1nc2ccccc2n1C)c1ccc2sc(C(=O)N3CCN(CC)CC3)cc2c1. The zero-order valence-electron chi connectivity index (χ0n) is 20.3. The second-order valence-corrected chi connectivity index (χ2v) is 10.1. The number of hydrogen-bond acceptors (Lipinski definition) is 5. The van der Waals surface area contributed by atoms with Crippen LogP contribution in [0.1, 0.15) is 35.8 Å². The summed E-state index contributed by atoms with van der Waals surface area (Å²) in [4.78, 5) is 25.7. The lowest BCUT2D eigenvalue weighted by atomic mass is 10.2. The van der Waals surface area contributed by atoms with E-state index in [1.807, 2.05) is 11.0 Å². The molecule has 4 aromatic rings. The Morgan fingerprint density at radius 1 is 1.06 bits per heavy atom. The molecule has 1 saturated heterocycles. The molecule has 3 heterocycles. The Kier molecular flexibility index (Phi) is 6.57. The number of fused-ring (bicyclic) bond motifs is 2. The molecule has 6 nitrogen and oxygen atoms in total. The maximum atomic E-state index is 13.1. The van der Waals surface area contributed by atoms with Gasteiger partial charge in [0.2, 0.25) is 0 Å². The average Bonchev–Trinajstić information content (AvgIpc) is 3.44. The van der Waals surface area contributed by atoms with Gasteiger partial charge in [-0.3, -0.25) is 4.79 Å². The average molecular weight is 476 g/mol. The maximum Gasteiger partial charge on any atom is 0.264 e. The molecule has 0 N–H and O–H groups in total. The summed E-state index contributed by atoms with van der Waals surface area (Å²) in [6.07, 6.45) is 1.05. The smallest absolute Gasteiger partial charge is 0.264 e. The van der Waals surface area contributed by atoms with Gasteiger partial charge < -0.3 is 19.3 Å². The number of piperazine rings is 1. The van der Waals surface area contributed by atoms with E-state index < -0.39 is 0 Å². The van der Waals surface area contributed by atoms with Gasteiger partial charge in [0.1, 0.15) is 5.82 Å².